The molecule has 0 radical (unpaired) electrons. The molecule has 0 atom stereocenters. The van der Waals surface area contributed by atoms with Crippen molar-refractivity contribution in [1.82, 2.24) is 15.3 Å². The van der Waals surface area contributed by atoms with Crippen molar-refractivity contribution in [3.63, 3.8) is 0 Å². The van der Waals surface area contributed by atoms with Gasteiger partial charge in [0.2, 0.25) is 5.91 Å². The zero-order chi connectivity index (χ0) is 23.2. The third kappa shape index (κ3) is 5.78. The summed E-state index contributed by atoms with van der Waals surface area (Å²) in [6.07, 6.45) is 3.40. The number of benzene rings is 2. The fourth-order valence-electron chi connectivity index (χ4n) is 3.89. The zero-order valence-corrected chi connectivity index (χ0v) is 20.5. The molecule has 0 bridgehead atoms. The summed E-state index contributed by atoms with van der Waals surface area (Å²) in [7, 11) is 0. The molecule has 2 aromatic carbocycles. The zero-order valence-electron chi connectivity index (χ0n) is 18.9. The molecule has 0 aliphatic carbocycles. The van der Waals surface area contributed by atoms with Gasteiger partial charge in [-0.25, -0.2) is 9.97 Å². The van der Waals surface area contributed by atoms with E-state index in [1.807, 2.05) is 24.3 Å². The fraction of sp³-hybridized carbons (Fsp3) is 0.320. The highest BCUT2D eigenvalue weighted by Gasteiger charge is 2.22. The second-order valence-electron chi connectivity index (χ2n) is 8.04. The minimum atomic E-state index is -0.0590. The van der Waals surface area contributed by atoms with Gasteiger partial charge in [-0.2, -0.15) is 0 Å². The van der Waals surface area contributed by atoms with Crippen LogP contribution in [0.2, 0.25) is 5.02 Å². The van der Waals surface area contributed by atoms with Crippen molar-refractivity contribution < 1.29 is 4.79 Å². The lowest BCUT2D eigenvalue weighted by Gasteiger charge is -2.37. The molecule has 1 aliphatic heterocycles. The highest BCUT2D eigenvalue weighted by molar-refractivity contribution is 8.00. The topological polar surface area (TPSA) is 61.4 Å². The van der Waals surface area contributed by atoms with Crippen LogP contribution in [0, 0.1) is 13.8 Å². The molecule has 0 unspecified atom stereocenters. The maximum Gasteiger partial charge on any atom is 0.230 e. The van der Waals surface area contributed by atoms with Gasteiger partial charge in [0.05, 0.1) is 5.75 Å². The number of aryl methyl sites for hydroxylation is 1. The molecule has 172 valence electrons. The van der Waals surface area contributed by atoms with Gasteiger partial charge in [-0.05, 0) is 42.7 Å². The van der Waals surface area contributed by atoms with E-state index >= 15 is 0 Å². The molecular weight excluding hydrogens is 454 g/mol. The standard InChI is InChI=1S/C25H28ClN5OS/c1-18-6-5-9-22(19(18)2)30-12-14-31(15-13-30)24-25(28-11-10-27-24)33-17-23(32)29-16-20-7-3-4-8-21(20)26/h3-11H,12-17H2,1-2H3,(H,29,32). The molecule has 6 nitrogen and oxygen atoms in total. The van der Waals surface area contributed by atoms with Crippen molar-refractivity contribution in [3.05, 3.63) is 76.6 Å². The highest BCUT2D eigenvalue weighted by atomic mass is 35.5. The largest absolute Gasteiger partial charge is 0.368 e. The Morgan fingerprint density at radius 3 is 2.52 bits per heavy atom. The first-order valence-electron chi connectivity index (χ1n) is 11.0. The van der Waals surface area contributed by atoms with Crippen LogP contribution < -0.4 is 15.1 Å². The van der Waals surface area contributed by atoms with Gasteiger partial charge >= 0.3 is 0 Å². The van der Waals surface area contributed by atoms with E-state index in [9.17, 15) is 4.79 Å². The van der Waals surface area contributed by atoms with Crippen LogP contribution in [0.1, 0.15) is 16.7 Å². The normalized spacial score (nSPS) is 13.8. The first-order chi connectivity index (χ1) is 16.0. The molecule has 3 aromatic rings. The Balaban J connectivity index is 1.34. The number of halogens is 1. The maximum absolute atomic E-state index is 12.4. The van der Waals surface area contributed by atoms with E-state index in [4.69, 9.17) is 11.6 Å². The molecule has 2 heterocycles. The quantitative estimate of drug-likeness (QED) is 0.502. The molecular formula is C25H28ClN5OS. The second-order valence-corrected chi connectivity index (χ2v) is 9.41. The molecule has 0 saturated carbocycles. The number of nitrogens with zero attached hydrogens (tertiary/aromatic N) is 4. The van der Waals surface area contributed by atoms with E-state index < -0.39 is 0 Å². The number of hydrogen-bond acceptors (Lipinski definition) is 6. The average Bonchev–Trinajstić information content (AvgIpc) is 2.84. The van der Waals surface area contributed by atoms with Crippen molar-refractivity contribution >= 4 is 40.8 Å². The maximum atomic E-state index is 12.4. The number of anilines is 2. The Hall–Kier alpha value is -2.77. The Bertz CT molecular complexity index is 1120. The minimum Gasteiger partial charge on any atom is -0.368 e. The Labute approximate surface area is 204 Å². The predicted octanol–water partition coefficient (Wildman–Crippen LogP) is 4.48. The number of amides is 1. The van der Waals surface area contributed by atoms with Crippen LogP contribution in [0.25, 0.3) is 0 Å². The van der Waals surface area contributed by atoms with Crippen molar-refractivity contribution in [3.8, 4) is 0 Å². The van der Waals surface area contributed by atoms with Gasteiger partial charge < -0.3 is 15.1 Å². The van der Waals surface area contributed by atoms with Gasteiger partial charge in [-0.15, -0.1) is 0 Å². The monoisotopic (exact) mass is 481 g/mol. The Kier molecular flexibility index (Phi) is 7.73. The predicted molar refractivity (Wildman–Crippen MR) is 136 cm³/mol. The van der Waals surface area contributed by atoms with Gasteiger partial charge in [0.1, 0.15) is 5.03 Å². The van der Waals surface area contributed by atoms with Crippen LogP contribution in [0.3, 0.4) is 0 Å². The number of aromatic nitrogens is 2. The SMILES string of the molecule is Cc1cccc(N2CCN(c3nccnc3SCC(=O)NCc3ccccc3Cl)CC2)c1C. The lowest BCUT2D eigenvalue weighted by molar-refractivity contribution is -0.118. The van der Waals surface area contributed by atoms with E-state index in [0.717, 1.165) is 42.6 Å². The molecule has 0 spiro atoms. The van der Waals surface area contributed by atoms with Gasteiger partial charge in [0.25, 0.3) is 0 Å². The molecule has 1 fully saturated rings. The van der Waals surface area contributed by atoms with Crippen molar-refractivity contribution in [1.29, 1.82) is 0 Å². The molecule has 33 heavy (non-hydrogen) atoms. The lowest BCUT2D eigenvalue weighted by Crippen LogP contribution is -2.47. The van der Waals surface area contributed by atoms with E-state index in [1.165, 1.54) is 28.6 Å². The summed E-state index contributed by atoms with van der Waals surface area (Å²) >= 11 is 7.59. The van der Waals surface area contributed by atoms with Crippen molar-refractivity contribution in [2.24, 2.45) is 0 Å². The number of piperazine rings is 1. The van der Waals surface area contributed by atoms with Crippen LogP contribution in [0.5, 0.6) is 0 Å². The first kappa shape index (κ1) is 23.4. The summed E-state index contributed by atoms with van der Waals surface area (Å²) in [5.74, 6) is 1.07. The van der Waals surface area contributed by atoms with E-state index in [-0.39, 0.29) is 11.7 Å². The molecule has 8 heteroatoms. The smallest absolute Gasteiger partial charge is 0.230 e. The Morgan fingerprint density at radius 2 is 1.73 bits per heavy atom. The number of hydrogen-bond donors (Lipinski definition) is 1. The van der Waals surface area contributed by atoms with Gasteiger partial charge in [-0.3, -0.25) is 4.79 Å². The molecule has 1 aromatic heterocycles. The molecule has 1 saturated heterocycles. The summed E-state index contributed by atoms with van der Waals surface area (Å²) < 4.78 is 0. The van der Waals surface area contributed by atoms with Crippen LogP contribution in [-0.2, 0) is 11.3 Å². The number of thioether (sulfide) groups is 1. The second kappa shape index (κ2) is 10.9. The summed E-state index contributed by atoms with van der Waals surface area (Å²) in [6.45, 7) is 8.31. The summed E-state index contributed by atoms with van der Waals surface area (Å²) in [5, 5.41) is 4.37. The van der Waals surface area contributed by atoms with E-state index in [0.29, 0.717) is 11.6 Å². The fourth-order valence-corrected chi connectivity index (χ4v) is 4.91. The minimum absolute atomic E-state index is 0.0590. The Morgan fingerprint density at radius 1 is 1.00 bits per heavy atom. The molecule has 1 amide bonds. The first-order valence-corrected chi connectivity index (χ1v) is 12.4. The van der Waals surface area contributed by atoms with Gasteiger partial charge in [0, 0.05) is 55.8 Å². The van der Waals surface area contributed by atoms with Gasteiger partial charge in [0.15, 0.2) is 5.82 Å². The van der Waals surface area contributed by atoms with Crippen molar-refractivity contribution in [2.75, 3.05) is 41.7 Å². The van der Waals surface area contributed by atoms with Crippen LogP contribution in [-0.4, -0.2) is 47.8 Å². The summed E-state index contributed by atoms with van der Waals surface area (Å²) in [6, 6.07) is 14.0. The lowest BCUT2D eigenvalue weighted by atomic mass is 10.1. The third-order valence-corrected chi connectivity index (χ3v) is 7.25. The van der Waals surface area contributed by atoms with Crippen molar-refractivity contribution in [2.45, 2.75) is 25.4 Å². The van der Waals surface area contributed by atoms with Gasteiger partial charge in [-0.1, -0.05) is 53.7 Å². The van der Waals surface area contributed by atoms with E-state index in [2.05, 4.69) is 57.1 Å². The highest BCUT2D eigenvalue weighted by Crippen LogP contribution is 2.29. The molecule has 1 N–H and O–H groups in total. The number of carbonyl (C=O) groups is 1. The number of carbonyl (C=O) groups excluding carboxylic acids is 1. The third-order valence-electron chi connectivity index (χ3n) is 5.92. The number of rotatable bonds is 7. The van der Waals surface area contributed by atoms with Crippen LogP contribution >= 0.6 is 23.4 Å². The summed E-state index contributed by atoms with van der Waals surface area (Å²) in [5.41, 5.74) is 4.86. The van der Waals surface area contributed by atoms with E-state index in [1.54, 1.807) is 12.4 Å². The number of nitrogens with one attached hydrogen (secondary N) is 1. The molecule has 4 rings (SSSR count). The molecule has 1 aliphatic rings. The van der Waals surface area contributed by atoms with Crippen LogP contribution in [0.15, 0.2) is 59.9 Å². The average molecular weight is 482 g/mol. The summed E-state index contributed by atoms with van der Waals surface area (Å²) in [4.78, 5) is 26.2. The van der Waals surface area contributed by atoms with Crippen LogP contribution in [0.4, 0.5) is 11.5 Å².